The highest BCUT2D eigenvalue weighted by atomic mass is 19.1. The van der Waals surface area contributed by atoms with E-state index in [0.717, 1.165) is 6.07 Å². The van der Waals surface area contributed by atoms with E-state index in [0.29, 0.717) is 0 Å². The van der Waals surface area contributed by atoms with Gasteiger partial charge in [0, 0.05) is 16.8 Å². The van der Waals surface area contributed by atoms with Crippen molar-refractivity contribution >= 4 is 11.5 Å². The van der Waals surface area contributed by atoms with Gasteiger partial charge in [0.25, 0.3) is 0 Å². The Bertz CT molecular complexity index is 564. The van der Waals surface area contributed by atoms with E-state index in [1.165, 1.54) is 36.4 Å². The molecule has 0 aliphatic rings. The van der Waals surface area contributed by atoms with Gasteiger partial charge >= 0.3 is 0 Å². The number of nitrogens with two attached hydrogens (primary N) is 1. The zero-order valence-corrected chi connectivity index (χ0v) is 8.78. The van der Waals surface area contributed by atoms with E-state index >= 15 is 0 Å². The number of rotatable bonds is 2. The average molecular weight is 233 g/mol. The van der Waals surface area contributed by atoms with Gasteiger partial charge in [0.05, 0.1) is 0 Å². The highest BCUT2D eigenvalue weighted by Gasteiger charge is 2.13. The maximum Gasteiger partial charge on any atom is 0.195 e. The molecule has 0 radical (unpaired) electrons. The minimum Gasteiger partial charge on any atom is -0.398 e. The fourth-order valence-corrected chi connectivity index (χ4v) is 1.48. The lowest BCUT2D eigenvalue weighted by Crippen LogP contribution is -2.05. The highest BCUT2D eigenvalue weighted by molar-refractivity contribution is 6.12. The number of halogens is 2. The van der Waals surface area contributed by atoms with Crippen LogP contribution in [0, 0.1) is 11.6 Å². The molecule has 86 valence electrons. The highest BCUT2D eigenvalue weighted by Crippen LogP contribution is 2.18. The van der Waals surface area contributed by atoms with Gasteiger partial charge in [-0.15, -0.1) is 0 Å². The predicted octanol–water partition coefficient (Wildman–Crippen LogP) is 2.78. The summed E-state index contributed by atoms with van der Waals surface area (Å²) in [5, 5.41) is 0. The number of benzene rings is 2. The molecule has 0 atom stereocenters. The molecule has 0 heterocycles. The first kappa shape index (κ1) is 11.3. The molecule has 0 saturated heterocycles. The van der Waals surface area contributed by atoms with E-state index in [2.05, 4.69) is 0 Å². The zero-order chi connectivity index (χ0) is 12.4. The Hall–Kier alpha value is -2.23. The summed E-state index contributed by atoms with van der Waals surface area (Å²) in [4.78, 5) is 12.0. The van der Waals surface area contributed by atoms with E-state index in [1.54, 1.807) is 0 Å². The summed E-state index contributed by atoms with van der Waals surface area (Å²) >= 11 is 0. The lowest BCUT2D eigenvalue weighted by atomic mass is 10.0. The molecule has 0 amide bonds. The summed E-state index contributed by atoms with van der Waals surface area (Å²) in [6.07, 6.45) is 0. The van der Waals surface area contributed by atoms with Crippen molar-refractivity contribution < 1.29 is 13.6 Å². The lowest BCUT2D eigenvalue weighted by molar-refractivity contribution is 0.103. The van der Waals surface area contributed by atoms with Gasteiger partial charge in [-0.25, -0.2) is 8.78 Å². The second-order valence-electron chi connectivity index (χ2n) is 3.57. The van der Waals surface area contributed by atoms with Crippen LogP contribution in [0.5, 0.6) is 0 Å². The molecule has 4 heteroatoms. The van der Waals surface area contributed by atoms with Crippen LogP contribution in [-0.4, -0.2) is 5.78 Å². The fourth-order valence-electron chi connectivity index (χ4n) is 1.48. The second-order valence-corrected chi connectivity index (χ2v) is 3.57. The van der Waals surface area contributed by atoms with Gasteiger partial charge in [-0.2, -0.15) is 0 Å². The maximum absolute atomic E-state index is 13.0. The van der Waals surface area contributed by atoms with Crippen molar-refractivity contribution in [1.29, 1.82) is 0 Å². The zero-order valence-electron chi connectivity index (χ0n) is 8.78. The molecule has 0 spiro atoms. The summed E-state index contributed by atoms with van der Waals surface area (Å²) in [6.45, 7) is 0. The first-order valence-corrected chi connectivity index (χ1v) is 4.93. The van der Waals surface area contributed by atoms with Crippen molar-refractivity contribution in [2.75, 3.05) is 5.73 Å². The second kappa shape index (κ2) is 4.33. The van der Waals surface area contributed by atoms with Crippen molar-refractivity contribution in [2.24, 2.45) is 0 Å². The molecule has 2 aromatic carbocycles. The van der Waals surface area contributed by atoms with Crippen LogP contribution < -0.4 is 5.73 Å². The van der Waals surface area contributed by atoms with Crippen molar-refractivity contribution in [3.05, 3.63) is 65.2 Å². The Labute approximate surface area is 96.7 Å². The standard InChI is InChI=1S/C13H9F2NO/c14-9-3-1-8(2-4-9)13(17)11-7-10(15)5-6-12(11)16/h1-7H,16H2. The van der Waals surface area contributed by atoms with Gasteiger partial charge in [0.2, 0.25) is 0 Å². The molecule has 2 aromatic rings. The van der Waals surface area contributed by atoms with Crippen molar-refractivity contribution in [2.45, 2.75) is 0 Å². The van der Waals surface area contributed by atoms with E-state index in [9.17, 15) is 13.6 Å². The lowest BCUT2D eigenvalue weighted by Gasteiger charge is -2.04. The summed E-state index contributed by atoms with van der Waals surface area (Å²) in [6, 6.07) is 8.58. The van der Waals surface area contributed by atoms with Gasteiger partial charge in [-0.3, -0.25) is 4.79 Å². The van der Waals surface area contributed by atoms with Crippen molar-refractivity contribution in [1.82, 2.24) is 0 Å². The third kappa shape index (κ3) is 2.30. The Kier molecular flexibility index (Phi) is 2.87. The fraction of sp³-hybridized carbons (Fsp3) is 0. The van der Waals surface area contributed by atoms with Gasteiger partial charge in [0.15, 0.2) is 5.78 Å². The number of carbonyl (C=O) groups is 1. The number of ketones is 1. The topological polar surface area (TPSA) is 43.1 Å². The average Bonchev–Trinajstić information content (AvgIpc) is 2.32. The molecule has 0 bridgehead atoms. The smallest absolute Gasteiger partial charge is 0.195 e. The van der Waals surface area contributed by atoms with Crippen LogP contribution in [0.2, 0.25) is 0 Å². The monoisotopic (exact) mass is 233 g/mol. The number of nitrogen functional groups attached to an aromatic ring is 1. The van der Waals surface area contributed by atoms with E-state index in [4.69, 9.17) is 5.73 Å². The van der Waals surface area contributed by atoms with Crippen LogP contribution in [0.15, 0.2) is 42.5 Å². The number of hydrogen-bond acceptors (Lipinski definition) is 2. The van der Waals surface area contributed by atoms with Crippen molar-refractivity contribution in [3.63, 3.8) is 0 Å². The molecule has 2 nitrogen and oxygen atoms in total. The summed E-state index contributed by atoms with van der Waals surface area (Å²) in [5.41, 5.74) is 6.14. The molecule has 0 saturated carbocycles. The summed E-state index contributed by atoms with van der Waals surface area (Å²) in [5.74, 6) is -1.40. The minimum atomic E-state index is -0.537. The number of carbonyl (C=O) groups excluding carboxylic acids is 1. The Morgan fingerprint density at radius 3 is 2.18 bits per heavy atom. The number of hydrogen-bond donors (Lipinski definition) is 1. The molecule has 0 fully saturated rings. The molecular weight excluding hydrogens is 224 g/mol. The van der Waals surface area contributed by atoms with Gasteiger partial charge in [-0.1, -0.05) is 0 Å². The Balaban J connectivity index is 2.43. The van der Waals surface area contributed by atoms with Crippen LogP contribution in [-0.2, 0) is 0 Å². The SMILES string of the molecule is Nc1ccc(F)cc1C(=O)c1ccc(F)cc1. The van der Waals surface area contributed by atoms with E-state index in [1.807, 2.05) is 0 Å². The summed E-state index contributed by atoms with van der Waals surface area (Å²) in [7, 11) is 0. The quantitative estimate of drug-likeness (QED) is 0.640. The molecular formula is C13H9F2NO. The third-order valence-corrected chi connectivity index (χ3v) is 2.37. The van der Waals surface area contributed by atoms with Crippen LogP contribution in [0.3, 0.4) is 0 Å². The van der Waals surface area contributed by atoms with Crippen LogP contribution in [0.25, 0.3) is 0 Å². The van der Waals surface area contributed by atoms with Crippen molar-refractivity contribution in [3.8, 4) is 0 Å². The molecule has 2 N–H and O–H groups in total. The van der Waals surface area contributed by atoms with Gasteiger partial charge < -0.3 is 5.73 Å². The molecule has 0 aromatic heterocycles. The van der Waals surface area contributed by atoms with Crippen LogP contribution >= 0.6 is 0 Å². The van der Waals surface area contributed by atoms with E-state index < -0.39 is 17.4 Å². The summed E-state index contributed by atoms with van der Waals surface area (Å²) < 4.78 is 25.7. The largest absolute Gasteiger partial charge is 0.398 e. The maximum atomic E-state index is 13.0. The Morgan fingerprint density at radius 1 is 0.941 bits per heavy atom. The normalized spacial score (nSPS) is 10.2. The molecule has 0 aliphatic heterocycles. The number of anilines is 1. The molecule has 0 aliphatic carbocycles. The van der Waals surface area contributed by atoms with Gasteiger partial charge in [0.1, 0.15) is 11.6 Å². The molecule has 2 rings (SSSR count). The first-order valence-electron chi connectivity index (χ1n) is 4.93. The molecule has 0 unspecified atom stereocenters. The molecule has 17 heavy (non-hydrogen) atoms. The van der Waals surface area contributed by atoms with Crippen LogP contribution in [0.4, 0.5) is 14.5 Å². The van der Waals surface area contributed by atoms with Gasteiger partial charge in [-0.05, 0) is 42.5 Å². The first-order chi connectivity index (χ1) is 8.08. The predicted molar refractivity (Wildman–Crippen MR) is 60.6 cm³/mol. The minimum absolute atomic E-state index is 0.0802. The van der Waals surface area contributed by atoms with E-state index in [-0.39, 0.29) is 16.8 Å². The third-order valence-electron chi connectivity index (χ3n) is 2.37. The van der Waals surface area contributed by atoms with Crippen LogP contribution in [0.1, 0.15) is 15.9 Å². The Morgan fingerprint density at radius 2 is 1.53 bits per heavy atom.